The molecule has 1 aromatic rings. The molecule has 0 atom stereocenters. The normalized spacial score (nSPS) is 10.2. The van der Waals surface area contributed by atoms with Crippen molar-refractivity contribution >= 4 is 5.69 Å². The summed E-state index contributed by atoms with van der Waals surface area (Å²) >= 11 is 0. The molecule has 0 aliphatic heterocycles. The van der Waals surface area contributed by atoms with Gasteiger partial charge in [0.25, 0.3) is 0 Å². The second kappa shape index (κ2) is 5.60. The predicted octanol–water partition coefficient (Wildman–Crippen LogP) is 1.44. The van der Waals surface area contributed by atoms with Crippen LogP contribution < -0.4 is 10.2 Å². The van der Waals surface area contributed by atoms with Crippen molar-refractivity contribution in [3.63, 3.8) is 0 Å². The summed E-state index contributed by atoms with van der Waals surface area (Å²) in [5, 5.41) is 3.15. The fraction of sp³-hybridized carbons (Fsp3) is 0.545. The second-order valence-corrected chi connectivity index (χ2v) is 3.54. The summed E-state index contributed by atoms with van der Waals surface area (Å²) < 4.78 is 0. The van der Waals surface area contributed by atoms with Gasteiger partial charge in [-0.2, -0.15) is 0 Å². The van der Waals surface area contributed by atoms with Crippen molar-refractivity contribution in [2.24, 2.45) is 0 Å². The zero-order valence-electron chi connectivity index (χ0n) is 9.25. The fourth-order valence-electron chi connectivity index (χ4n) is 1.51. The number of rotatable bonds is 5. The Morgan fingerprint density at radius 2 is 2.29 bits per heavy atom. The highest BCUT2D eigenvalue weighted by molar-refractivity contribution is 5.50. The van der Waals surface area contributed by atoms with E-state index >= 15 is 0 Å². The fourth-order valence-corrected chi connectivity index (χ4v) is 1.51. The van der Waals surface area contributed by atoms with Crippen LogP contribution in [0.1, 0.15) is 12.0 Å². The summed E-state index contributed by atoms with van der Waals surface area (Å²) in [6.07, 6.45) is 4.91. The van der Waals surface area contributed by atoms with Crippen molar-refractivity contribution < 1.29 is 0 Å². The quantitative estimate of drug-likeness (QED) is 0.717. The number of nitrogens with zero attached hydrogens (tertiary/aromatic N) is 2. The maximum atomic E-state index is 4.08. The second-order valence-electron chi connectivity index (χ2n) is 3.54. The van der Waals surface area contributed by atoms with Crippen LogP contribution in [-0.2, 0) is 0 Å². The molecule has 3 heteroatoms. The van der Waals surface area contributed by atoms with Crippen LogP contribution in [0, 0.1) is 6.92 Å². The van der Waals surface area contributed by atoms with E-state index < -0.39 is 0 Å². The molecule has 0 saturated carbocycles. The Kier molecular flexibility index (Phi) is 4.40. The van der Waals surface area contributed by atoms with Gasteiger partial charge in [0.1, 0.15) is 0 Å². The number of nitrogens with one attached hydrogen (secondary N) is 1. The molecule has 0 saturated heterocycles. The molecule has 0 amide bonds. The van der Waals surface area contributed by atoms with E-state index in [1.54, 1.807) is 0 Å². The van der Waals surface area contributed by atoms with Crippen molar-refractivity contribution in [3.8, 4) is 0 Å². The van der Waals surface area contributed by atoms with Crippen LogP contribution in [0.4, 0.5) is 5.69 Å². The minimum atomic E-state index is 1.06. The molecule has 0 fully saturated rings. The number of hydrogen-bond acceptors (Lipinski definition) is 3. The van der Waals surface area contributed by atoms with Gasteiger partial charge >= 0.3 is 0 Å². The first-order chi connectivity index (χ1) is 6.75. The van der Waals surface area contributed by atoms with Crippen molar-refractivity contribution in [2.45, 2.75) is 13.3 Å². The minimum Gasteiger partial charge on any atom is -0.374 e. The van der Waals surface area contributed by atoms with E-state index in [9.17, 15) is 0 Å². The van der Waals surface area contributed by atoms with Crippen LogP contribution in [0.2, 0.25) is 0 Å². The van der Waals surface area contributed by atoms with E-state index in [4.69, 9.17) is 0 Å². The molecular weight excluding hydrogens is 174 g/mol. The van der Waals surface area contributed by atoms with Crippen LogP contribution in [0.3, 0.4) is 0 Å². The number of hydrogen-bond donors (Lipinski definition) is 1. The average Bonchev–Trinajstić information content (AvgIpc) is 2.18. The smallest absolute Gasteiger partial charge is 0.0424 e. The summed E-state index contributed by atoms with van der Waals surface area (Å²) in [6.45, 7) is 4.23. The average molecular weight is 193 g/mol. The Morgan fingerprint density at radius 3 is 2.93 bits per heavy atom. The van der Waals surface area contributed by atoms with E-state index in [0.717, 1.165) is 19.5 Å². The summed E-state index contributed by atoms with van der Waals surface area (Å²) in [4.78, 5) is 6.36. The van der Waals surface area contributed by atoms with Gasteiger partial charge in [-0.3, -0.25) is 4.98 Å². The third kappa shape index (κ3) is 3.00. The third-order valence-electron chi connectivity index (χ3n) is 2.32. The lowest BCUT2D eigenvalue weighted by Gasteiger charge is -2.20. The molecular formula is C11H19N3. The van der Waals surface area contributed by atoms with Crippen LogP contribution in [0.15, 0.2) is 18.5 Å². The number of aryl methyl sites for hydroxylation is 1. The number of anilines is 1. The molecule has 0 bridgehead atoms. The first-order valence-corrected chi connectivity index (χ1v) is 5.02. The maximum Gasteiger partial charge on any atom is 0.0424 e. The van der Waals surface area contributed by atoms with Gasteiger partial charge in [0.05, 0.1) is 0 Å². The van der Waals surface area contributed by atoms with Crippen molar-refractivity contribution in [1.29, 1.82) is 0 Å². The predicted molar refractivity (Wildman–Crippen MR) is 60.8 cm³/mol. The van der Waals surface area contributed by atoms with Crippen LogP contribution >= 0.6 is 0 Å². The minimum absolute atomic E-state index is 1.06. The lowest BCUT2D eigenvalue weighted by molar-refractivity contribution is 0.712. The van der Waals surface area contributed by atoms with Gasteiger partial charge in [-0.05, 0) is 38.6 Å². The monoisotopic (exact) mass is 193 g/mol. The van der Waals surface area contributed by atoms with E-state index in [-0.39, 0.29) is 0 Å². The Hall–Kier alpha value is -1.09. The zero-order chi connectivity index (χ0) is 10.4. The largest absolute Gasteiger partial charge is 0.374 e. The molecule has 0 spiro atoms. The molecule has 78 valence electrons. The maximum absolute atomic E-state index is 4.08. The standard InChI is InChI=1S/C11H19N3/c1-10-9-13-7-5-11(10)14(3)8-4-6-12-2/h5,7,9,12H,4,6,8H2,1-3H3. The lowest BCUT2D eigenvalue weighted by Crippen LogP contribution is -2.22. The van der Waals surface area contributed by atoms with Gasteiger partial charge < -0.3 is 10.2 Å². The van der Waals surface area contributed by atoms with Crippen molar-refractivity contribution in [2.75, 3.05) is 32.1 Å². The zero-order valence-corrected chi connectivity index (χ0v) is 9.25. The van der Waals surface area contributed by atoms with Crippen molar-refractivity contribution in [1.82, 2.24) is 10.3 Å². The Balaban J connectivity index is 2.51. The van der Waals surface area contributed by atoms with E-state index in [1.807, 2.05) is 19.4 Å². The molecule has 0 unspecified atom stereocenters. The molecule has 0 aliphatic rings. The van der Waals surface area contributed by atoms with Gasteiger partial charge in [-0.15, -0.1) is 0 Å². The Bertz CT molecular complexity index is 273. The molecule has 3 nitrogen and oxygen atoms in total. The highest BCUT2D eigenvalue weighted by atomic mass is 15.1. The van der Waals surface area contributed by atoms with Gasteiger partial charge in [0.2, 0.25) is 0 Å². The number of pyridine rings is 1. The third-order valence-corrected chi connectivity index (χ3v) is 2.32. The molecule has 0 radical (unpaired) electrons. The SMILES string of the molecule is CNCCCN(C)c1ccncc1C. The van der Waals surface area contributed by atoms with E-state index in [1.165, 1.54) is 11.3 Å². The van der Waals surface area contributed by atoms with Gasteiger partial charge in [-0.25, -0.2) is 0 Å². The summed E-state index contributed by atoms with van der Waals surface area (Å²) in [5.41, 5.74) is 2.51. The van der Waals surface area contributed by atoms with Gasteiger partial charge in [0, 0.05) is 31.7 Å². The molecule has 1 heterocycles. The topological polar surface area (TPSA) is 28.2 Å². The molecule has 1 N–H and O–H groups in total. The van der Waals surface area contributed by atoms with E-state index in [0.29, 0.717) is 0 Å². The van der Waals surface area contributed by atoms with Gasteiger partial charge in [0.15, 0.2) is 0 Å². The van der Waals surface area contributed by atoms with Crippen molar-refractivity contribution in [3.05, 3.63) is 24.0 Å². The van der Waals surface area contributed by atoms with Gasteiger partial charge in [-0.1, -0.05) is 0 Å². The first kappa shape index (κ1) is 11.0. The molecule has 0 aromatic carbocycles. The first-order valence-electron chi connectivity index (χ1n) is 5.02. The van der Waals surface area contributed by atoms with Crippen LogP contribution in [0.25, 0.3) is 0 Å². The Morgan fingerprint density at radius 1 is 1.50 bits per heavy atom. The summed E-state index contributed by atoms with van der Waals surface area (Å²) in [5.74, 6) is 0. The van der Waals surface area contributed by atoms with E-state index in [2.05, 4.69) is 35.2 Å². The molecule has 0 aliphatic carbocycles. The van der Waals surface area contributed by atoms with Crippen LogP contribution in [0.5, 0.6) is 0 Å². The Labute approximate surface area is 86.2 Å². The number of aromatic nitrogens is 1. The molecule has 1 rings (SSSR count). The highest BCUT2D eigenvalue weighted by Gasteiger charge is 2.02. The lowest BCUT2D eigenvalue weighted by atomic mass is 10.2. The van der Waals surface area contributed by atoms with Crippen LogP contribution in [-0.4, -0.2) is 32.2 Å². The highest BCUT2D eigenvalue weighted by Crippen LogP contribution is 2.16. The molecule has 1 aromatic heterocycles. The summed E-state index contributed by atoms with van der Waals surface area (Å²) in [6, 6.07) is 2.06. The summed E-state index contributed by atoms with van der Waals surface area (Å²) in [7, 11) is 4.11. The molecule has 14 heavy (non-hydrogen) atoms.